The Morgan fingerprint density at radius 3 is 1.00 bits per heavy atom. The van der Waals surface area contributed by atoms with Crippen LogP contribution in [0.5, 0.6) is 0 Å². The lowest BCUT2D eigenvalue weighted by Crippen LogP contribution is -2.12. The van der Waals surface area contributed by atoms with E-state index in [1.165, 1.54) is 0 Å². The SMILES string of the molecule is c1ccc2c(c1)NC(=C1Nc3ccccc3N1)N2. The molecule has 4 nitrogen and oxygen atoms in total. The molecule has 0 aliphatic carbocycles. The number of hydrogen-bond donors (Lipinski definition) is 4. The maximum absolute atomic E-state index is 3.35. The molecule has 0 atom stereocenters. The molecule has 0 radical (unpaired) electrons. The second-order valence-corrected chi connectivity index (χ2v) is 4.34. The number of nitrogens with one attached hydrogen (secondary N) is 4. The summed E-state index contributed by atoms with van der Waals surface area (Å²) in [6, 6.07) is 16.3. The fourth-order valence-corrected chi connectivity index (χ4v) is 2.25. The molecule has 2 aromatic carbocycles. The first kappa shape index (κ1) is 9.41. The molecule has 0 amide bonds. The second kappa shape index (κ2) is 3.43. The summed E-state index contributed by atoms with van der Waals surface area (Å²) < 4.78 is 0. The molecule has 4 N–H and O–H groups in total. The third-order valence-electron chi connectivity index (χ3n) is 3.14. The molecule has 18 heavy (non-hydrogen) atoms. The van der Waals surface area contributed by atoms with Crippen LogP contribution in [0, 0.1) is 0 Å². The smallest absolute Gasteiger partial charge is 0.150 e. The normalized spacial score (nSPS) is 15.1. The molecule has 4 rings (SSSR count). The number of rotatable bonds is 0. The molecule has 0 aromatic heterocycles. The molecule has 2 heterocycles. The van der Waals surface area contributed by atoms with Gasteiger partial charge in [-0.2, -0.15) is 0 Å². The van der Waals surface area contributed by atoms with Crippen LogP contribution in [0.4, 0.5) is 22.7 Å². The molecule has 0 fully saturated rings. The van der Waals surface area contributed by atoms with Crippen molar-refractivity contribution in [3.05, 3.63) is 60.2 Å². The van der Waals surface area contributed by atoms with Crippen LogP contribution in [-0.4, -0.2) is 0 Å². The van der Waals surface area contributed by atoms with Crippen LogP contribution in [-0.2, 0) is 0 Å². The van der Waals surface area contributed by atoms with E-state index in [4.69, 9.17) is 0 Å². The van der Waals surface area contributed by atoms with Gasteiger partial charge in [0.1, 0.15) is 11.6 Å². The van der Waals surface area contributed by atoms with Crippen molar-refractivity contribution in [2.45, 2.75) is 0 Å². The molecule has 0 saturated carbocycles. The van der Waals surface area contributed by atoms with Gasteiger partial charge in [0.15, 0.2) is 0 Å². The third kappa shape index (κ3) is 1.32. The Hall–Kier alpha value is -2.62. The first-order valence-electron chi connectivity index (χ1n) is 5.90. The van der Waals surface area contributed by atoms with Crippen LogP contribution >= 0.6 is 0 Å². The van der Waals surface area contributed by atoms with Gasteiger partial charge >= 0.3 is 0 Å². The molecule has 0 unspecified atom stereocenters. The minimum atomic E-state index is 0.951. The van der Waals surface area contributed by atoms with Gasteiger partial charge in [-0.3, -0.25) is 0 Å². The van der Waals surface area contributed by atoms with Crippen molar-refractivity contribution in [1.82, 2.24) is 0 Å². The van der Waals surface area contributed by atoms with Crippen molar-refractivity contribution in [2.24, 2.45) is 0 Å². The summed E-state index contributed by atoms with van der Waals surface area (Å²) in [4.78, 5) is 0. The van der Waals surface area contributed by atoms with Crippen LogP contribution < -0.4 is 21.3 Å². The number of para-hydroxylation sites is 4. The Morgan fingerprint density at radius 2 is 0.722 bits per heavy atom. The number of anilines is 4. The van der Waals surface area contributed by atoms with Gasteiger partial charge in [0, 0.05) is 0 Å². The van der Waals surface area contributed by atoms with Crippen molar-refractivity contribution in [3.63, 3.8) is 0 Å². The Balaban J connectivity index is 1.70. The van der Waals surface area contributed by atoms with E-state index in [1.807, 2.05) is 24.3 Å². The monoisotopic (exact) mass is 236 g/mol. The molecule has 2 aliphatic rings. The summed E-state index contributed by atoms with van der Waals surface area (Å²) >= 11 is 0. The van der Waals surface area contributed by atoms with Crippen LogP contribution in [0.3, 0.4) is 0 Å². The molecule has 0 bridgehead atoms. The molecular formula is C14H12N4. The first-order chi connectivity index (χ1) is 8.90. The van der Waals surface area contributed by atoms with E-state index < -0.39 is 0 Å². The van der Waals surface area contributed by atoms with Crippen molar-refractivity contribution in [1.29, 1.82) is 0 Å². The minimum Gasteiger partial charge on any atom is -0.337 e. The highest BCUT2D eigenvalue weighted by Crippen LogP contribution is 2.35. The van der Waals surface area contributed by atoms with E-state index in [0.29, 0.717) is 0 Å². The Bertz CT molecular complexity index is 549. The van der Waals surface area contributed by atoms with E-state index >= 15 is 0 Å². The van der Waals surface area contributed by atoms with Gasteiger partial charge < -0.3 is 21.3 Å². The molecule has 2 aromatic rings. The molecule has 2 aliphatic heterocycles. The van der Waals surface area contributed by atoms with Crippen molar-refractivity contribution in [2.75, 3.05) is 21.3 Å². The molecule has 0 spiro atoms. The molecule has 4 heteroatoms. The zero-order valence-electron chi connectivity index (χ0n) is 9.62. The highest BCUT2D eigenvalue weighted by Gasteiger charge is 2.21. The Labute approximate surface area is 105 Å². The van der Waals surface area contributed by atoms with Gasteiger partial charge in [-0.15, -0.1) is 0 Å². The highest BCUT2D eigenvalue weighted by atomic mass is 15.3. The van der Waals surface area contributed by atoms with Gasteiger partial charge in [0.25, 0.3) is 0 Å². The van der Waals surface area contributed by atoms with E-state index in [2.05, 4.69) is 45.5 Å². The maximum atomic E-state index is 3.35. The summed E-state index contributed by atoms with van der Waals surface area (Å²) in [5, 5.41) is 13.4. The molecule has 0 saturated heterocycles. The topological polar surface area (TPSA) is 48.1 Å². The average Bonchev–Trinajstić information content (AvgIpc) is 3.02. The van der Waals surface area contributed by atoms with Gasteiger partial charge in [-0.1, -0.05) is 24.3 Å². The van der Waals surface area contributed by atoms with Crippen molar-refractivity contribution in [3.8, 4) is 0 Å². The van der Waals surface area contributed by atoms with Crippen LogP contribution in [0.2, 0.25) is 0 Å². The lowest BCUT2D eigenvalue weighted by molar-refractivity contribution is 1.33. The fourth-order valence-electron chi connectivity index (χ4n) is 2.25. The lowest BCUT2D eigenvalue weighted by Gasteiger charge is -2.06. The van der Waals surface area contributed by atoms with Gasteiger partial charge in [-0.05, 0) is 24.3 Å². The van der Waals surface area contributed by atoms with E-state index in [-0.39, 0.29) is 0 Å². The molecular weight excluding hydrogens is 224 g/mol. The van der Waals surface area contributed by atoms with Gasteiger partial charge in [0.05, 0.1) is 22.7 Å². The quantitative estimate of drug-likeness (QED) is 0.567. The van der Waals surface area contributed by atoms with Gasteiger partial charge in [0.2, 0.25) is 0 Å². The highest BCUT2D eigenvalue weighted by molar-refractivity contribution is 5.84. The van der Waals surface area contributed by atoms with Crippen LogP contribution in [0.15, 0.2) is 60.2 Å². The number of hydrogen-bond acceptors (Lipinski definition) is 4. The summed E-state index contributed by atoms with van der Waals surface area (Å²) in [5.74, 6) is 1.90. The predicted octanol–water partition coefficient (Wildman–Crippen LogP) is 3.19. The van der Waals surface area contributed by atoms with E-state index in [0.717, 1.165) is 34.4 Å². The number of benzene rings is 2. The zero-order chi connectivity index (χ0) is 11.9. The van der Waals surface area contributed by atoms with E-state index in [9.17, 15) is 0 Å². The predicted molar refractivity (Wildman–Crippen MR) is 74.4 cm³/mol. The lowest BCUT2D eigenvalue weighted by atomic mass is 10.3. The van der Waals surface area contributed by atoms with Crippen molar-refractivity contribution < 1.29 is 0 Å². The first-order valence-corrected chi connectivity index (χ1v) is 5.90. The largest absolute Gasteiger partial charge is 0.337 e. The summed E-state index contributed by atoms with van der Waals surface area (Å²) in [5.41, 5.74) is 4.39. The van der Waals surface area contributed by atoms with E-state index in [1.54, 1.807) is 0 Å². The van der Waals surface area contributed by atoms with Gasteiger partial charge in [-0.25, -0.2) is 0 Å². The molecule has 88 valence electrons. The number of fused-ring (bicyclic) bond motifs is 2. The standard InChI is InChI=1S/C14H12N4/c1-2-6-10-9(5-1)15-13(16-10)14-17-11-7-3-4-8-12(11)18-14/h1-8,15-18H. The summed E-state index contributed by atoms with van der Waals surface area (Å²) in [7, 11) is 0. The van der Waals surface area contributed by atoms with Crippen LogP contribution in [0.25, 0.3) is 0 Å². The zero-order valence-corrected chi connectivity index (χ0v) is 9.62. The van der Waals surface area contributed by atoms with Crippen LogP contribution in [0.1, 0.15) is 0 Å². The summed E-state index contributed by atoms with van der Waals surface area (Å²) in [6.45, 7) is 0. The maximum Gasteiger partial charge on any atom is 0.150 e. The average molecular weight is 236 g/mol. The third-order valence-corrected chi connectivity index (χ3v) is 3.14. The Morgan fingerprint density at radius 1 is 0.444 bits per heavy atom. The fraction of sp³-hybridized carbons (Fsp3) is 0. The second-order valence-electron chi connectivity index (χ2n) is 4.34. The van der Waals surface area contributed by atoms with Crippen molar-refractivity contribution >= 4 is 22.7 Å². The summed E-state index contributed by atoms with van der Waals surface area (Å²) in [6.07, 6.45) is 0. The minimum absolute atomic E-state index is 0.951. The Kier molecular flexibility index (Phi) is 1.80.